The van der Waals surface area contributed by atoms with Gasteiger partial charge in [0.2, 0.25) is 5.67 Å². The Bertz CT molecular complexity index is 663. The van der Waals surface area contributed by atoms with Crippen molar-refractivity contribution < 1.29 is 23.1 Å². The lowest BCUT2D eigenvalue weighted by Gasteiger charge is -2.22. The maximum Gasteiger partial charge on any atom is 0.345 e. The Labute approximate surface area is 139 Å². The SMILES string of the molecule is COC(=O)[C@@]1(F)CCN(C(=O)NCC2(c3ccccc3F)CC2)C1. The van der Waals surface area contributed by atoms with E-state index in [1.165, 1.54) is 11.0 Å². The highest BCUT2D eigenvalue weighted by Crippen LogP contribution is 2.48. The van der Waals surface area contributed by atoms with Gasteiger partial charge in [0.15, 0.2) is 0 Å². The summed E-state index contributed by atoms with van der Waals surface area (Å²) in [5.41, 5.74) is -1.92. The van der Waals surface area contributed by atoms with Crippen molar-refractivity contribution in [3.05, 3.63) is 35.6 Å². The summed E-state index contributed by atoms with van der Waals surface area (Å²) in [4.78, 5) is 25.0. The molecule has 1 atom stereocenters. The van der Waals surface area contributed by atoms with Gasteiger partial charge >= 0.3 is 12.0 Å². The number of ether oxygens (including phenoxy) is 1. The third-order valence-corrected chi connectivity index (χ3v) is 4.93. The molecule has 0 radical (unpaired) electrons. The number of benzene rings is 1. The Morgan fingerprint density at radius 1 is 1.29 bits per heavy atom. The standard InChI is InChI=1S/C17H20F2N2O3/c1-24-14(22)17(19)8-9-21(11-17)15(23)20-10-16(6-7-16)12-4-2-3-5-13(12)18/h2-5H,6-11H2,1H3,(H,20,23)/t17-/m1/s1. The Hall–Kier alpha value is -2.18. The maximum atomic E-state index is 14.4. The van der Waals surface area contributed by atoms with Crippen LogP contribution in [0.25, 0.3) is 0 Å². The van der Waals surface area contributed by atoms with Crippen molar-refractivity contribution in [3.63, 3.8) is 0 Å². The Balaban J connectivity index is 1.59. The molecule has 1 aromatic carbocycles. The minimum atomic E-state index is -2.14. The number of carbonyl (C=O) groups is 2. The van der Waals surface area contributed by atoms with Crippen LogP contribution in [0.3, 0.4) is 0 Å². The van der Waals surface area contributed by atoms with Gasteiger partial charge in [0.1, 0.15) is 5.82 Å². The van der Waals surface area contributed by atoms with Gasteiger partial charge < -0.3 is 15.0 Å². The van der Waals surface area contributed by atoms with E-state index in [0.717, 1.165) is 20.0 Å². The van der Waals surface area contributed by atoms with Crippen LogP contribution in [0.5, 0.6) is 0 Å². The van der Waals surface area contributed by atoms with Crippen LogP contribution >= 0.6 is 0 Å². The van der Waals surface area contributed by atoms with Crippen LogP contribution in [-0.2, 0) is 14.9 Å². The van der Waals surface area contributed by atoms with Crippen molar-refractivity contribution in [3.8, 4) is 0 Å². The van der Waals surface area contributed by atoms with Crippen molar-refractivity contribution in [1.82, 2.24) is 10.2 Å². The van der Waals surface area contributed by atoms with E-state index in [2.05, 4.69) is 10.1 Å². The smallest absolute Gasteiger partial charge is 0.345 e. The molecule has 1 N–H and O–H groups in total. The van der Waals surface area contributed by atoms with Crippen molar-refractivity contribution in [1.29, 1.82) is 0 Å². The topological polar surface area (TPSA) is 58.6 Å². The fraction of sp³-hybridized carbons (Fsp3) is 0.529. The first-order valence-corrected chi connectivity index (χ1v) is 7.95. The van der Waals surface area contributed by atoms with E-state index in [-0.39, 0.29) is 30.7 Å². The molecule has 1 aromatic rings. The minimum Gasteiger partial charge on any atom is -0.467 e. The van der Waals surface area contributed by atoms with Crippen LogP contribution in [0.2, 0.25) is 0 Å². The number of alkyl halides is 1. The molecule has 2 fully saturated rings. The third-order valence-electron chi connectivity index (χ3n) is 4.93. The minimum absolute atomic E-state index is 0.0778. The summed E-state index contributed by atoms with van der Waals surface area (Å²) in [6, 6.07) is 6.10. The number of likely N-dealkylation sites (tertiary alicyclic amines) is 1. The number of methoxy groups -OCH3 is 1. The van der Waals surface area contributed by atoms with Gasteiger partial charge in [-0.05, 0) is 24.5 Å². The zero-order valence-electron chi connectivity index (χ0n) is 13.5. The van der Waals surface area contributed by atoms with E-state index in [4.69, 9.17) is 0 Å². The third kappa shape index (κ3) is 2.95. The molecule has 2 aliphatic rings. The van der Waals surface area contributed by atoms with Crippen LogP contribution in [0.15, 0.2) is 24.3 Å². The second kappa shape index (κ2) is 6.03. The number of amides is 2. The average molecular weight is 338 g/mol. The van der Waals surface area contributed by atoms with Crippen molar-refractivity contribution in [2.75, 3.05) is 26.7 Å². The summed E-state index contributed by atoms with van der Waals surface area (Å²) < 4.78 is 32.8. The molecule has 1 heterocycles. The lowest BCUT2D eigenvalue weighted by atomic mass is 9.95. The van der Waals surface area contributed by atoms with Gasteiger partial charge in [-0.1, -0.05) is 18.2 Å². The summed E-state index contributed by atoms with van der Waals surface area (Å²) in [7, 11) is 1.12. The Morgan fingerprint density at radius 2 is 2.00 bits per heavy atom. The highest BCUT2D eigenvalue weighted by Gasteiger charge is 2.49. The Kier molecular flexibility index (Phi) is 4.19. The van der Waals surface area contributed by atoms with Crippen LogP contribution in [-0.4, -0.2) is 49.3 Å². The molecule has 1 saturated heterocycles. The molecule has 0 spiro atoms. The molecule has 2 amide bonds. The molecule has 130 valence electrons. The summed E-state index contributed by atoms with van der Waals surface area (Å²) in [5, 5.41) is 2.75. The van der Waals surface area contributed by atoms with Gasteiger partial charge in [-0.25, -0.2) is 18.4 Å². The van der Waals surface area contributed by atoms with Crippen LogP contribution in [0.1, 0.15) is 24.8 Å². The zero-order chi connectivity index (χ0) is 17.4. The van der Waals surface area contributed by atoms with E-state index >= 15 is 0 Å². The number of rotatable bonds is 4. The van der Waals surface area contributed by atoms with Crippen molar-refractivity contribution in [2.24, 2.45) is 0 Å². The molecule has 0 unspecified atom stereocenters. The lowest BCUT2D eigenvalue weighted by Crippen LogP contribution is -2.45. The first-order valence-electron chi connectivity index (χ1n) is 7.95. The molecule has 5 nitrogen and oxygen atoms in total. The van der Waals surface area contributed by atoms with Gasteiger partial charge in [-0.2, -0.15) is 0 Å². The van der Waals surface area contributed by atoms with Crippen LogP contribution < -0.4 is 5.32 Å². The number of hydrogen-bond donors (Lipinski definition) is 1. The normalized spacial score (nSPS) is 24.5. The Morgan fingerprint density at radius 3 is 2.62 bits per heavy atom. The second-order valence-electron chi connectivity index (χ2n) is 6.55. The average Bonchev–Trinajstić information content (AvgIpc) is 3.26. The van der Waals surface area contributed by atoms with Crippen LogP contribution in [0.4, 0.5) is 13.6 Å². The fourth-order valence-corrected chi connectivity index (χ4v) is 3.24. The summed E-state index contributed by atoms with van der Waals surface area (Å²) >= 11 is 0. The number of nitrogens with one attached hydrogen (secondary N) is 1. The molecule has 0 bridgehead atoms. The molecule has 1 aliphatic heterocycles. The van der Waals surface area contributed by atoms with E-state index in [1.54, 1.807) is 18.2 Å². The monoisotopic (exact) mass is 338 g/mol. The number of esters is 1. The number of hydrogen-bond acceptors (Lipinski definition) is 3. The van der Waals surface area contributed by atoms with Crippen LogP contribution in [0, 0.1) is 5.82 Å². The van der Waals surface area contributed by atoms with Gasteiger partial charge in [-0.15, -0.1) is 0 Å². The molecule has 24 heavy (non-hydrogen) atoms. The summed E-state index contributed by atoms with van der Waals surface area (Å²) in [6.07, 6.45) is 1.51. The van der Waals surface area contributed by atoms with E-state index in [0.29, 0.717) is 12.1 Å². The molecule has 1 aliphatic carbocycles. The first-order chi connectivity index (χ1) is 11.4. The summed E-state index contributed by atoms with van der Waals surface area (Å²) in [5.74, 6) is -1.23. The quantitative estimate of drug-likeness (QED) is 0.856. The zero-order valence-corrected chi connectivity index (χ0v) is 13.5. The number of urea groups is 1. The number of carbonyl (C=O) groups excluding carboxylic acids is 2. The molecule has 0 aromatic heterocycles. The lowest BCUT2D eigenvalue weighted by molar-refractivity contribution is -0.153. The van der Waals surface area contributed by atoms with Gasteiger partial charge in [0.05, 0.1) is 13.7 Å². The van der Waals surface area contributed by atoms with E-state index < -0.39 is 17.7 Å². The van der Waals surface area contributed by atoms with Gasteiger partial charge in [-0.3, -0.25) is 0 Å². The van der Waals surface area contributed by atoms with Crippen molar-refractivity contribution in [2.45, 2.75) is 30.3 Å². The van der Waals surface area contributed by atoms with Gasteiger partial charge in [0, 0.05) is 24.9 Å². The summed E-state index contributed by atoms with van der Waals surface area (Å²) in [6.45, 7) is 0.114. The number of halogens is 2. The fourth-order valence-electron chi connectivity index (χ4n) is 3.24. The highest BCUT2D eigenvalue weighted by molar-refractivity contribution is 5.83. The highest BCUT2D eigenvalue weighted by atomic mass is 19.1. The van der Waals surface area contributed by atoms with Crippen molar-refractivity contribution >= 4 is 12.0 Å². The largest absolute Gasteiger partial charge is 0.467 e. The molecule has 3 rings (SSSR count). The first kappa shape index (κ1) is 16.7. The molecule has 1 saturated carbocycles. The van der Waals surface area contributed by atoms with E-state index in [9.17, 15) is 18.4 Å². The number of nitrogens with zero attached hydrogens (tertiary/aromatic N) is 1. The second-order valence-corrected chi connectivity index (χ2v) is 6.55. The predicted octanol–water partition coefficient (Wildman–Crippen LogP) is 2.15. The maximum absolute atomic E-state index is 14.4. The predicted molar refractivity (Wildman–Crippen MR) is 82.8 cm³/mol. The molecular formula is C17H20F2N2O3. The molecule has 7 heteroatoms. The molecular weight excluding hydrogens is 318 g/mol. The van der Waals surface area contributed by atoms with E-state index in [1.807, 2.05) is 0 Å². The van der Waals surface area contributed by atoms with Gasteiger partial charge in [0.25, 0.3) is 0 Å².